The van der Waals surface area contributed by atoms with Gasteiger partial charge in [0.25, 0.3) is 0 Å². The minimum absolute atomic E-state index is 0.353. The maximum absolute atomic E-state index is 9.19. The van der Waals surface area contributed by atoms with Crippen LogP contribution in [-0.4, -0.2) is 4.98 Å². The predicted octanol–water partition coefficient (Wildman–Crippen LogP) is 4.18. The number of para-hydroxylation sites is 1. The van der Waals surface area contributed by atoms with Crippen molar-refractivity contribution in [1.82, 2.24) is 4.98 Å². The zero-order valence-electron chi connectivity index (χ0n) is 11.3. The van der Waals surface area contributed by atoms with E-state index in [1.807, 2.05) is 31.2 Å². The van der Waals surface area contributed by atoms with Crippen LogP contribution in [-0.2, 0) is 0 Å². The molecule has 1 aromatic heterocycles. The number of benzene rings is 1. The smallest absolute Gasteiger partial charge is 0.237 e. The van der Waals surface area contributed by atoms with Crippen molar-refractivity contribution in [2.24, 2.45) is 0 Å². The number of ether oxygens (including phenoxy) is 1. The molecule has 0 aliphatic rings. The lowest BCUT2D eigenvalue weighted by molar-refractivity contribution is 0.452. The lowest BCUT2D eigenvalue weighted by atomic mass is 10.0. The van der Waals surface area contributed by atoms with E-state index >= 15 is 0 Å². The Bertz CT molecular complexity index is 627. The molecule has 0 saturated carbocycles. The van der Waals surface area contributed by atoms with Gasteiger partial charge in [0.05, 0.1) is 0 Å². The Hall–Kier alpha value is -2.34. The molecule has 0 atom stereocenters. The van der Waals surface area contributed by atoms with Gasteiger partial charge in [-0.1, -0.05) is 32.0 Å². The maximum Gasteiger partial charge on any atom is 0.237 e. The number of hydrogen-bond acceptors (Lipinski definition) is 3. The first kappa shape index (κ1) is 13.1. The van der Waals surface area contributed by atoms with Gasteiger partial charge < -0.3 is 4.74 Å². The Balaban J connectivity index is 2.43. The summed E-state index contributed by atoms with van der Waals surface area (Å²) >= 11 is 0. The second-order valence-electron chi connectivity index (χ2n) is 4.71. The number of pyridine rings is 1. The van der Waals surface area contributed by atoms with Crippen molar-refractivity contribution in [3.05, 3.63) is 53.2 Å². The van der Waals surface area contributed by atoms with Crippen LogP contribution < -0.4 is 4.74 Å². The van der Waals surface area contributed by atoms with E-state index in [4.69, 9.17) is 4.74 Å². The Morgan fingerprint density at radius 1 is 1.21 bits per heavy atom. The minimum Gasteiger partial charge on any atom is -0.437 e. The van der Waals surface area contributed by atoms with Gasteiger partial charge in [-0.25, -0.2) is 4.98 Å². The van der Waals surface area contributed by atoms with Gasteiger partial charge in [-0.05, 0) is 36.1 Å². The summed E-state index contributed by atoms with van der Waals surface area (Å²) < 4.78 is 5.84. The molecule has 0 bridgehead atoms. The van der Waals surface area contributed by atoms with E-state index in [0.717, 1.165) is 16.9 Å². The molecule has 1 aromatic carbocycles. The zero-order valence-corrected chi connectivity index (χ0v) is 11.3. The summed E-state index contributed by atoms with van der Waals surface area (Å²) in [7, 11) is 0. The summed E-state index contributed by atoms with van der Waals surface area (Å²) in [6.45, 7) is 6.09. The number of nitriles is 1. The Morgan fingerprint density at radius 3 is 2.63 bits per heavy atom. The highest BCUT2D eigenvalue weighted by Crippen LogP contribution is 2.31. The van der Waals surface area contributed by atoms with E-state index < -0.39 is 0 Å². The Morgan fingerprint density at radius 2 is 1.95 bits per heavy atom. The fraction of sp³-hybridized carbons (Fsp3) is 0.250. The SMILES string of the molecule is Cc1ccnc(Oc2ccccc2C(C)C)c1C#N. The average Bonchev–Trinajstić information content (AvgIpc) is 2.39. The topological polar surface area (TPSA) is 45.9 Å². The average molecular weight is 252 g/mol. The van der Waals surface area contributed by atoms with Gasteiger partial charge in [-0.2, -0.15) is 5.26 Å². The molecule has 3 nitrogen and oxygen atoms in total. The molecule has 0 aliphatic heterocycles. The summed E-state index contributed by atoms with van der Waals surface area (Å²) in [6.07, 6.45) is 1.66. The van der Waals surface area contributed by atoms with Gasteiger partial charge in [0.15, 0.2) is 0 Å². The molecule has 2 rings (SSSR count). The summed E-state index contributed by atoms with van der Waals surface area (Å²) in [6, 6.07) is 11.8. The van der Waals surface area contributed by atoms with Gasteiger partial charge in [0.1, 0.15) is 17.4 Å². The lowest BCUT2D eigenvalue weighted by Gasteiger charge is -2.13. The number of aromatic nitrogens is 1. The fourth-order valence-electron chi connectivity index (χ4n) is 1.90. The van der Waals surface area contributed by atoms with Gasteiger partial charge >= 0.3 is 0 Å². The third kappa shape index (κ3) is 2.74. The molecule has 0 unspecified atom stereocenters. The molecule has 96 valence electrons. The molecule has 0 aliphatic carbocycles. The van der Waals surface area contributed by atoms with Gasteiger partial charge in [0, 0.05) is 6.20 Å². The van der Waals surface area contributed by atoms with Crippen LogP contribution in [0.5, 0.6) is 11.6 Å². The summed E-state index contributed by atoms with van der Waals surface area (Å²) in [4.78, 5) is 4.16. The zero-order chi connectivity index (χ0) is 13.8. The Kier molecular flexibility index (Phi) is 3.82. The normalized spacial score (nSPS) is 10.3. The van der Waals surface area contributed by atoms with E-state index in [9.17, 15) is 5.26 Å². The van der Waals surface area contributed by atoms with Gasteiger partial charge in [-0.15, -0.1) is 0 Å². The number of hydrogen-bond donors (Lipinski definition) is 0. The van der Waals surface area contributed by atoms with E-state index in [1.165, 1.54) is 0 Å². The third-order valence-corrected chi connectivity index (χ3v) is 2.98. The second kappa shape index (κ2) is 5.53. The van der Waals surface area contributed by atoms with E-state index in [0.29, 0.717) is 17.4 Å². The number of nitrogens with zero attached hydrogens (tertiary/aromatic N) is 2. The first-order valence-electron chi connectivity index (χ1n) is 6.26. The van der Waals surface area contributed by atoms with Crippen molar-refractivity contribution in [3.63, 3.8) is 0 Å². The molecule has 0 radical (unpaired) electrons. The number of aryl methyl sites for hydroxylation is 1. The largest absolute Gasteiger partial charge is 0.437 e. The van der Waals surface area contributed by atoms with Crippen molar-refractivity contribution < 1.29 is 4.74 Å². The minimum atomic E-state index is 0.353. The maximum atomic E-state index is 9.19. The molecule has 3 heteroatoms. The van der Waals surface area contributed by atoms with Crippen molar-refractivity contribution in [3.8, 4) is 17.7 Å². The van der Waals surface area contributed by atoms with Crippen LogP contribution in [0.15, 0.2) is 36.5 Å². The molecule has 0 spiro atoms. The standard InChI is InChI=1S/C16H16N2O/c1-11(2)13-6-4-5-7-15(13)19-16-14(10-17)12(3)8-9-18-16/h4-9,11H,1-3H3. The molecular formula is C16H16N2O. The van der Waals surface area contributed by atoms with Crippen molar-refractivity contribution in [2.45, 2.75) is 26.7 Å². The third-order valence-electron chi connectivity index (χ3n) is 2.98. The van der Waals surface area contributed by atoms with Crippen LogP contribution in [0.1, 0.15) is 36.5 Å². The molecule has 0 N–H and O–H groups in total. The molecular weight excluding hydrogens is 236 g/mol. The molecule has 19 heavy (non-hydrogen) atoms. The van der Waals surface area contributed by atoms with Gasteiger partial charge in [0.2, 0.25) is 5.88 Å². The van der Waals surface area contributed by atoms with E-state index in [2.05, 4.69) is 24.9 Å². The van der Waals surface area contributed by atoms with E-state index in [-0.39, 0.29) is 0 Å². The quantitative estimate of drug-likeness (QED) is 0.823. The monoisotopic (exact) mass is 252 g/mol. The van der Waals surface area contributed by atoms with Crippen LogP contribution in [0, 0.1) is 18.3 Å². The lowest BCUT2D eigenvalue weighted by Crippen LogP contribution is -1.98. The predicted molar refractivity (Wildman–Crippen MR) is 74.3 cm³/mol. The molecule has 0 saturated heterocycles. The highest BCUT2D eigenvalue weighted by Gasteiger charge is 2.12. The first-order valence-corrected chi connectivity index (χ1v) is 6.26. The van der Waals surface area contributed by atoms with Crippen molar-refractivity contribution >= 4 is 0 Å². The van der Waals surface area contributed by atoms with Gasteiger partial charge in [-0.3, -0.25) is 0 Å². The molecule has 2 aromatic rings. The molecule has 1 heterocycles. The summed E-state index contributed by atoms with van der Waals surface area (Å²) in [5.41, 5.74) is 2.46. The molecule has 0 fully saturated rings. The van der Waals surface area contributed by atoms with Crippen molar-refractivity contribution in [2.75, 3.05) is 0 Å². The molecule has 0 amide bonds. The summed E-state index contributed by atoms with van der Waals surface area (Å²) in [5.74, 6) is 1.48. The van der Waals surface area contributed by atoms with Crippen LogP contribution >= 0.6 is 0 Å². The Labute approximate surface area is 113 Å². The number of rotatable bonds is 3. The van der Waals surface area contributed by atoms with E-state index in [1.54, 1.807) is 12.3 Å². The van der Waals surface area contributed by atoms with Crippen LogP contribution in [0.25, 0.3) is 0 Å². The van der Waals surface area contributed by atoms with Crippen LogP contribution in [0.2, 0.25) is 0 Å². The highest BCUT2D eigenvalue weighted by molar-refractivity contribution is 5.47. The van der Waals surface area contributed by atoms with Crippen molar-refractivity contribution in [1.29, 1.82) is 5.26 Å². The first-order chi connectivity index (χ1) is 9.13. The fourth-order valence-corrected chi connectivity index (χ4v) is 1.90. The van der Waals surface area contributed by atoms with Crippen LogP contribution in [0.4, 0.5) is 0 Å². The van der Waals surface area contributed by atoms with Crippen LogP contribution in [0.3, 0.4) is 0 Å². The summed E-state index contributed by atoms with van der Waals surface area (Å²) in [5, 5.41) is 9.19. The second-order valence-corrected chi connectivity index (χ2v) is 4.71. The highest BCUT2D eigenvalue weighted by atomic mass is 16.5.